The van der Waals surface area contributed by atoms with Crippen molar-refractivity contribution in [2.24, 2.45) is 0 Å². The van der Waals surface area contributed by atoms with Crippen molar-refractivity contribution in [2.75, 3.05) is 13.6 Å². The molecule has 0 bridgehead atoms. The molecule has 3 amide bonds. The zero-order valence-electron chi connectivity index (χ0n) is 19.5. The second kappa shape index (κ2) is 9.77. The third-order valence-corrected chi connectivity index (χ3v) is 6.96. The number of nitrogens with one attached hydrogen (secondary N) is 2. The molecule has 4 rings (SSSR count). The molecule has 33 heavy (non-hydrogen) atoms. The number of carbonyl (C=O) groups excluding carboxylic acids is 3. The average Bonchev–Trinajstić information content (AvgIpc) is 3.06. The fraction of sp³-hybridized carbons (Fsp3) is 0.520. The summed E-state index contributed by atoms with van der Waals surface area (Å²) in [6, 6.07) is 11.6. The first-order chi connectivity index (χ1) is 15.9. The second-order valence-corrected chi connectivity index (χ2v) is 9.36. The van der Waals surface area contributed by atoms with E-state index in [1.54, 1.807) is 14.0 Å². The Morgan fingerprint density at radius 2 is 1.82 bits per heavy atom. The van der Waals surface area contributed by atoms with Crippen LogP contribution in [0, 0.1) is 0 Å². The minimum absolute atomic E-state index is 0.144. The summed E-state index contributed by atoms with van der Waals surface area (Å²) in [6.07, 6.45) is 7.29. The van der Waals surface area contributed by atoms with Crippen LogP contribution >= 0.6 is 0 Å². The van der Waals surface area contributed by atoms with E-state index in [1.807, 2.05) is 30.3 Å². The molecule has 1 fully saturated rings. The number of aromatic nitrogens is 2. The second-order valence-electron chi connectivity index (χ2n) is 9.36. The van der Waals surface area contributed by atoms with Crippen molar-refractivity contribution >= 4 is 17.7 Å². The molecule has 2 heterocycles. The number of hydrogen-bond acceptors (Lipinski definition) is 4. The molecule has 0 spiro atoms. The van der Waals surface area contributed by atoms with Gasteiger partial charge >= 0.3 is 0 Å². The van der Waals surface area contributed by atoms with Gasteiger partial charge in [0, 0.05) is 25.7 Å². The zero-order valence-corrected chi connectivity index (χ0v) is 19.5. The molecule has 0 unspecified atom stereocenters. The number of likely N-dealkylation sites (N-methyl/N-ethyl adjacent to an activating group) is 1. The molecule has 1 aliphatic carbocycles. The molecule has 1 aromatic heterocycles. The summed E-state index contributed by atoms with van der Waals surface area (Å²) in [7, 11) is 1.64. The molecule has 8 nitrogen and oxygen atoms in total. The molecule has 2 N–H and O–H groups in total. The van der Waals surface area contributed by atoms with E-state index in [4.69, 9.17) is 0 Å². The Labute approximate surface area is 194 Å². The number of fused-ring (bicyclic) bond motifs is 1. The van der Waals surface area contributed by atoms with Crippen molar-refractivity contribution in [3.8, 4) is 0 Å². The lowest BCUT2D eigenvalue weighted by molar-refractivity contribution is -0.133. The van der Waals surface area contributed by atoms with Crippen LogP contribution in [0.1, 0.15) is 72.0 Å². The predicted molar refractivity (Wildman–Crippen MR) is 125 cm³/mol. The van der Waals surface area contributed by atoms with Gasteiger partial charge < -0.3 is 15.5 Å². The van der Waals surface area contributed by atoms with E-state index < -0.39 is 5.54 Å². The molecule has 1 saturated carbocycles. The lowest BCUT2D eigenvalue weighted by Gasteiger charge is -2.41. The third kappa shape index (κ3) is 4.94. The van der Waals surface area contributed by atoms with Crippen LogP contribution in [-0.2, 0) is 17.8 Å². The van der Waals surface area contributed by atoms with Crippen LogP contribution < -0.4 is 10.6 Å². The molecule has 1 aromatic carbocycles. The quantitative estimate of drug-likeness (QED) is 0.660. The molecule has 1 aliphatic heterocycles. The maximum absolute atomic E-state index is 13.3. The average molecular weight is 452 g/mol. The van der Waals surface area contributed by atoms with Crippen molar-refractivity contribution < 1.29 is 14.4 Å². The highest BCUT2D eigenvalue weighted by molar-refractivity contribution is 6.01. The van der Waals surface area contributed by atoms with E-state index in [1.165, 1.54) is 28.5 Å². The van der Waals surface area contributed by atoms with Gasteiger partial charge in [0.15, 0.2) is 5.69 Å². The number of carbonyl (C=O) groups is 3. The summed E-state index contributed by atoms with van der Waals surface area (Å²) >= 11 is 0. The molecule has 0 radical (unpaired) electrons. The van der Waals surface area contributed by atoms with Gasteiger partial charge in [-0.3, -0.25) is 19.1 Å². The Bertz CT molecular complexity index is 1010. The summed E-state index contributed by atoms with van der Waals surface area (Å²) in [5.74, 6) is -0.802. The standard InChI is InChI=1S/C25H33N5O3/c1-25(24(33)27-19-12-8-3-4-9-13-19)17-30-21(23(32)29(25)2)16-20(28-30)22(31)26-15-14-18-10-6-5-7-11-18/h5-7,10-11,16,19H,3-4,8-9,12-15,17H2,1-2H3,(H,26,31)(H,27,33)/t25-/m0/s1. The van der Waals surface area contributed by atoms with Gasteiger partial charge in [0.1, 0.15) is 11.2 Å². The summed E-state index contributed by atoms with van der Waals surface area (Å²) in [6.45, 7) is 2.45. The number of hydrogen-bond donors (Lipinski definition) is 2. The lowest BCUT2D eigenvalue weighted by atomic mass is 9.95. The fourth-order valence-corrected chi connectivity index (χ4v) is 4.66. The Morgan fingerprint density at radius 3 is 2.52 bits per heavy atom. The zero-order chi connectivity index (χ0) is 23.4. The van der Waals surface area contributed by atoms with Crippen molar-refractivity contribution in [3.05, 3.63) is 53.3 Å². The first-order valence-corrected chi connectivity index (χ1v) is 11.9. The molecule has 0 saturated heterocycles. The summed E-state index contributed by atoms with van der Waals surface area (Å²) in [5, 5.41) is 10.4. The first-order valence-electron chi connectivity index (χ1n) is 11.9. The predicted octanol–water partition coefficient (Wildman–Crippen LogP) is 2.54. The Balaban J connectivity index is 1.43. The summed E-state index contributed by atoms with van der Waals surface area (Å²) in [5.41, 5.74) is 0.580. The highest BCUT2D eigenvalue weighted by atomic mass is 16.2. The molecule has 176 valence electrons. The highest BCUT2D eigenvalue weighted by Gasteiger charge is 2.46. The molecule has 2 aromatic rings. The van der Waals surface area contributed by atoms with Crippen LogP contribution in [0.4, 0.5) is 0 Å². The van der Waals surface area contributed by atoms with Gasteiger partial charge in [-0.15, -0.1) is 0 Å². The SMILES string of the molecule is CN1C(=O)c2cc(C(=O)NCCc3ccccc3)nn2C[C@@]1(C)C(=O)NC1CCCCCC1. The van der Waals surface area contributed by atoms with Crippen LogP contribution in [0.2, 0.25) is 0 Å². The Morgan fingerprint density at radius 1 is 1.12 bits per heavy atom. The van der Waals surface area contributed by atoms with Crippen LogP contribution in [0.3, 0.4) is 0 Å². The van der Waals surface area contributed by atoms with Crippen molar-refractivity contribution in [1.29, 1.82) is 0 Å². The fourth-order valence-electron chi connectivity index (χ4n) is 4.66. The van der Waals surface area contributed by atoms with Crippen LogP contribution in [0.15, 0.2) is 36.4 Å². The van der Waals surface area contributed by atoms with Crippen LogP contribution in [-0.4, -0.2) is 57.6 Å². The van der Waals surface area contributed by atoms with Gasteiger partial charge in [-0.2, -0.15) is 5.10 Å². The molecule has 1 atom stereocenters. The monoisotopic (exact) mass is 451 g/mol. The third-order valence-electron chi connectivity index (χ3n) is 6.96. The Kier molecular flexibility index (Phi) is 6.81. The largest absolute Gasteiger partial charge is 0.351 e. The number of nitrogens with zero attached hydrogens (tertiary/aromatic N) is 3. The van der Waals surface area contributed by atoms with Gasteiger partial charge in [-0.1, -0.05) is 56.0 Å². The molecule has 2 aliphatic rings. The number of rotatable bonds is 6. The minimum Gasteiger partial charge on any atom is -0.351 e. The van der Waals surface area contributed by atoms with Crippen molar-refractivity contribution in [1.82, 2.24) is 25.3 Å². The Hall–Kier alpha value is -3.16. The van der Waals surface area contributed by atoms with Gasteiger partial charge in [0.2, 0.25) is 5.91 Å². The van der Waals surface area contributed by atoms with Gasteiger partial charge in [0.05, 0.1) is 6.54 Å². The van der Waals surface area contributed by atoms with Crippen LogP contribution in [0.5, 0.6) is 0 Å². The maximum Gasteiger partial charge on any atom is 0.272 e. The van der Waals surface area contributed by atoms with E-state index in [2.05, 4.69) is 15.7 Å². The first kappa shape index (κ1) is 23.0. The summed E-state index contributed by atoms with van der Waals surface area (Å²) in [4.78, 5) is 40.4. The molecular weight excluding hydrogens is 418 g/mol. The van der Waals surface area contributed by atoms with Gasteiger partial charge in [-0.05, 0) is 31.7 Å². The van der Waals surface area contributed by atoms with E-state index in [0.29, 0.717) is 18.7 Å². The lowest BCUT2D eigenvalue weighted by Crippen LogP contribution is -2.63. The van der Waals surface area contributed by atoms with Crippen molar-refractivity contribution in [3.63, 3.8) is 0 Å². The van der Waals surface area contributed by atoms with Crippen LogP contribution in [0.25, 0.3) is 0 Å². The highest BCUT2D eigenvalue weighted by Crippen LogP contribution is 2.27. The maximum atomic E-state index is 13.3. The number of benzene rings is 1. The van der Waals surface area contributed by atoms with Crippen molar-refractivity contribution in [2.45, 2.75) is 70.0 Å². The van der Waals surface area contributed by atoms with E-state index in [-0.39, 0.29) is 36.0 Å². The van der Waals surface area contributed by atoms with Gasteiger partial charge in [-0.25, -0.2) is 0 Å². The molecular formula is C25H33N5O3. The minimum atomic E-state index is -1.07. The van der Waals surface area contributed by atoms with E-state index >= 15 is 0 Å². The topological polar surface area (TPSA) is 96.3 Å². The number of amides is 3. The smallest absolute Gasteiger partial charge is 0.272 e. The van der Waals surface area contributed by atoms with Gasteiger partial charge in [0.25, 0.3) is 11.8 Å². The van der Waals surface area contributed by atoms with E-state index in [9.17, 15) is 14.4 Å². The molecule has 8 heteroatoms. The van der Waals surface area contributed by atoms with E-state index in [0.717, 1.165) is 31.2 Å². The normalized spacial score (nSPS) is 21.3. The summed E-state index contributed by atoms with van der Waals surface area (Å²) < 4.78 is 1.50.